The van der Waals surface area contributed by atoms with Crippen LogP contribution in [0.15, 0.2) is 0 Å². The van der Waals surface area contributed by atoms with E-state index in [9.17, 15) is 9.59 Å². The molecule has 0 N–H and O–H groups in total. The second kappa shape index (κ2) is 42.7. The van der Waals surface area contributed by atoms with Gasteiger partial charge in [-0.05, 0) is 0 Å². The minimum absolute atomic E-state index is 0.147. The van der Waals surface area contributed by atoms with Crippen LogP contribution in [0.2, 0.25) is 0 Å². The third-order valence-electron chi connectivity index (χ3n) is 12.5. The van der Waals surface area contributed by atoms with Crippen LogP contribution in [0.25, 0.3) is 0 Å². The van der Waals surface area contributed by atoms with E-state index in [0.717, 1.165) is 64.7 Å². The number of carbonyl (C=O) groups is 2. The van der Waals surface area contributed by atoms with Crippen LogP contribution in [0.1, 0.15) is 267 Å². The molecular weight excluding hydrogens is 831 g/mol. The number of hydrogen-bond acceptors (Lipinski definition) is 7. The summed E-state index contributed by atoms with van der Waals surface area (Å²) in [6.45, 7) is 19.7. The molecule has 0 radical (unpaired) electrons. The molecule has 0 aliphatic rings. The maximum absolute atomic E-state index is 13.2. The Kier molecular flexibility index (Phi) is 42.5. The SMILES string of the molecule is CCCCCCCCCCCCCCCCCC(=O)OCC(CCC)(COC(=O)CCCCCCCCCCCCCCCCC)COP(=[Se])(N(CC)CC)N(CC)CC. The van der Waals surface area contributed by atoms with Crippen LogP contribution in [-0.4, -0.2) is 82.4 Å². The van der Waals surface area contributed by atoms with Gasteiger partial charge in [-0.25, -0.2) is 0 Å². The van der Waals surface area contributed by atoms with Crippen LogP contribution in [0, 0.1) is 5.41 Å². The molecule has 0 aromatic heterocycles. The van der Waals surface area contributed by atoms with Gasteiger partial charge in [0.15, 0.2) is 0 Å². The maximum atomic E-state index is 13.2. The summed E-state index contributed by atoms with van der Waals surface area (Å²) >= 11 is 3.51. The van der Waals surface area contributed by atoms with E-state index < -0.39 is 11.5 Å². The number of rotatable bonds is 47. The fourth-order valence-corrected chi connectivity index (χ4v) is 14.3. The summed E-state index contributed by atoms with van der Waals surface area (Å²) in [5.74, 6) is -0.295. The Morgan fingerprint density at radius 1 is 0.400 bits per heavy atom. The predicted octanol–water partition coefficient (Wildman–Crippen LogP) is 15.9. The molecule has 0 atom stereocenters. The van der Waals surface area contributed by atoms with E-state index in [1.807, 2.05) is 0 Å². The Balaban J connectivity index is 4.94. The zero-order valence-corrected chi connectivity index (χ0v) is 43.9. The van der Waals surface area contributed by atoms with Crippen LogP contribution in [0.4, 0.5) is 0 Å². The van der Waals surface area contributed by atoms with Gasteiger partial charge in [0, 0.05) is 0 Å². The average molecular weight is 934 g/mol. The number of ether oxygens (including phenoxy) is 2. The molecule has 0 fully saturated rings. The van der Waals surface area contributed by atoms with Crippen molar-refractivity contribution >= 4 is 33.1 Å². The van der Waals surface area contributed by atoms with Crippen molar-refractivity contribution in [3.8, 4) is 0 Å². The minimum atomic E-state index is -2.24. The molecule has 0 amide bonds. The quantitative estimate of drug-likeness (QED) is 0.0261. The summed E-state index contributed by atoms with van der Waals surface area (Å²) < 4.78 is 23.9. The van der Waals surface area contributed by atoms with Crippen molar-refractivity contribution in [2.75, 3.05) is 46.0 Å². The van der Waals surface area contributed by atoms with Gasteiger partial charge in [0.2, 0.25) is 0 Å². The van der Waals surface area contributed by atoms with Crippen molar-refractivity contribution in [3.05, 3.63) is 0 Å². The molecule has 0 unspecified atom stereocenters. The van der Waals surface area contributed by atoms with Crippen LogP contribution in [0.5, 0.6) is 0 Å². The molecule has 60 heavy (non-hydrogen) atoms. The van der Waals surface area contributed by atoms with Gasteiger partial charge in [-0.1, -0.05) is 155 Å². The van der Waals surface area contributed by atoms with Crippen molar-refractivity contribution < 1.29 is 23.6 Å². The monoisotopic (exact) mass is 935 g/mol. The van der Waals surface area contributed by atoms with Gasteiger partial charge in [-0.3, -0.25) is 0 Å². The van der Waals surface area contributed by atoms with Gasteiger partial charge in [-0.15, -0.1) is 0 Å². The molecule has 0 saturated heterocycles. The summed E-state index contributed by atoms with van der Waals surface area (Å²) in [6.07, 6.45) is 41.6. The molecule has 0 aliphatic heterocycles. The van der Waals surface area contributed by atoms with Gasteiger partial charge < -0.3 is 0 Å². The fourth-order valence-electron chi connectivity index (χ4n) is 8.49. The first-order valence-corrected chi connectivity index (χ1v) is 30.1. The molecule has 358 valence electrons. The van der Waals surface area contributed by atoms with E-state index in [1.54, 1.807) is 0 Å². The number of unbranched alkanes of at least 4 members (excludes halogenated alkanes) is 28. The molecule has 0 aliphatic carbocycles. The molecule has 0 aromatic carbocycles. The Morgan fingerprint density at radius 3 is 0.917 bits per heavy atom. The Hall–Kier alpha value is -0.231. The molecule has 0 heterocycles. The summed E-state index contributed by atoms with van der Waals surface area (Å²) in [6, 6.07) is -2.24. The fraction of sp³-hybridized carbons (Fsp3) is 0.961. The standard InChI is InChI=1S/C51H103N2O5PSe/c1-8-15-17-19-21-23-25-27-29-31-33-35-37-39-41-43-49(54)56-46-51(45-10-3,48-58-59(60,52(11-4)12-5)53(13-6)14-7)47-57-50(55)44-42-40-38-36-34-32-30-28-26-24-22-20-18-16-9-2/h8-48H2,1-7H3. The van der Waals surface area contributed by atoms with Crippen LogP contribution in [0.3, 0.4) is 0 Å². The Labute approximate surface area is 382 Å². The van der Waals surface area contributed by atoms with E-state index in [-0.39, 0.29) is 25.2 Å². The first-order chi connectivity index (χ1) is 29.2. The molecule has 0 rings (SSSR count). The van der Waals surface area contributed by atoms with Crippen LogP contribution >= 0.6 is 6.04 Å². The van der Waals surface area contributed by atoms with E-state index in [0.29, 0.717) is 19.4 Å². The molecule has 9 heteroatoms. The van der Waals surface area contributed by atoms with Crippen LogP contribution in [-0.2, 0) is 23.6 Å². The average Bonchev–Trinajstić information content (AvgIpc) is 3.25. The van der Waals surface area contributed by atoms with Crippen molar-refractivity contribution in [3.63, 3.8) is 0 Å². The second-order valence-electron chi connectivity index (χ2n) is 18.0. The van der Waals surface area contributed by atoms with Crippen molar-refractivity contribution in [2.45, 2.75) is 267 Å². The van der Waals surface area contributed by atoms with Crippen molar-refractivity contribution in [1.82, 2.24) is 9.34 Å². The number of carbonyl (C=O) groups excluding carboxylic acids is 2. The van der Waals surface area contributed by atoms with Crippen molar-refractivity contribution in [1.29, 1.82) is 0 Å². The molecule has 7 nitrogen and oxygen atoms in total. The third-order valence-corrected chi connectivity index (χ3v) is 19.1. The Morgan fingerprint density at radius 2 is 0.667 bits per heavy atom. The summed E-state index contributed by atoms with van der Waals surface area (Å²) in [5.41, 5.74) is -0.598. The molecule has 0 aromatic rings. The van der Waals surface area contributed by atoms with Gasteiger partial charge in [0.25, 0.3) is 0 Å². The van der Waals surface area contributed by atoms with Gasteiger partial charge in [0.1, 0.15) is 0 Å². The summed E-state index contributed by atoms with van der Waals surface area (Å²) in [4.78, 5) is 26.3. The van der Waals surface area contributed by atoms with Gasteiger partial charge in [0.05, 0.1) is 0 Å². The summed E-state index contributed by atoms with van der Waals surface area (Å²) in [7, 11) is 0. The molecule has 0 bridgehead atoms. The second-order valence-corrected chi connectivity index (χ2v) is 23.4. The predicted molar refractivity (Wildman–Crippen MR) is 263 cm³/mol. The van der Waals surface area contributed by atoms with E-state index in [1.165, 1.54) is 167 Å². The normalized spacial score (nSPS) is 12.2. The van der Waals surface area contributed by atoms with Crippen LogP contribution < -0.4 is 0 Å². The number of esters is 2. The zero-order chi connectivity index (χ0) is 44.4. The molecule has 0 spiro atoms. The number of hydrogen-bond donors (Lipinski definition) is 0. The molecule has 0 saturated carbocycles. The number of nitrogens with zero attached hydrogens (tertiary/aromatic N) is 2. The van der Waals surface area contributed by atoms with E-state index in [2.05, 4.69) is 72.9 Å². The van der Waals surface area contributed by atoms with E-state index in [4.69, 9.17) is 14.0 Å². The Bertz CT molecular complexity index is 942. The third kappa shape index (κ3) is 31.6. The topological polar surface area (TPSA) is 68.3 Å². The van der Waals surface area contributed by atoms with Gasteiger partial charge in [-0.2, -0.15) is 0 Å². The molecular formula is C51H103N2O5PSe. The van der Waals surface area contributed by atoms with E-state index >= 15 is 0 Å². The zero-order valence-electron chi connectivity index (χ0n) is 41.3. The van der Waals surface area contributed by atoms with Gasteiger partial charge >= 0.3 is 229 Å². The first-order valence-electron chi connectivity index (χ1n) is 26.3. The first kappa shape index (κ1) is 59.8. The van der Waals surface area contributed by atoms with Crippen molar-refractivity contribution in [2.24, 2.45) is 5.41 Å². The summed E-state index contributed by atoms with van der Waals surface area (Å²) in [5, 5.41) is 0.